The number of carbonyl (C=O) groups is 2. The molecule has 1 heterocycles. The zero-order valence-electron chi connectivity index (χ0n) is 18.1. The Morgan fingerprint density at radius 1 is 1.06 bits per heavy atom. The lowest BCUT2D eigenvalue weighted by Gasteiger charge is -2.26. The van der Waals surface area contributed by atoms with Crippen LogP contribution < -0.4 is 15.4 Å². The fourth-order valence-corrected chi connectivity index (χ4v) is 3.29. The van der Waals surface area contributed by atoms with Crippen molar-refractivity contribution in [1.29, 1.82) is 0 Å². The van der Waals surface area contributed by atoms with Gasteiger partial charge in [0.25, 0.3) is 11.8 Å². The molecule has 1 aromatic heterocycles. The SMILES string of the molecule is COc1ccccc1C(CNC(=O)c1ccc(C)c(NC(=O)c2ccco2)c1)N(C)C. The van der Waals surface area contributed by atoms with Crippen LogP contribution in [0.5, 0.6) is 5.75 Å². The summed E-state index contributed by atoms with van der Waals surface area (Å²) in [4.78, 5) is 27.2. The van der Waals surface area contributed by atoms with Crippen LogP contribution in [-0.2, 0) is 0 Å². The van der Waals surface area contributed by atoms with Crippen molar-refractivity contribution >= 4 is 17.5 Å². The lowest BCUT2D eigenvalue weighted by atomic mass is 10.0. The number of hydrogen-bond donors (Lipinski definition) is 2. The van der Waals surface area contributed by atoms with E-state index in [1.54, 1.807) is 37.4 Å². The van der Waals surface area contributed by atoms with Crippen molar-refractivity contribution < 1.29 is 18.7 Å². The second kappa shape index (κ2) is 9.95. The molecule has 162 valence electrons. The van der Waals surface area contributed by atoms with Gasteiger partial charge in [-0.2, -0.15) is 0 Å². The van der Waals surface area contributed by atoms with Crippen LogP contribution in [0.1, 0.15) is 38.1 Å². The molecule has 0 aliphatic heterocycles. The van der Waals surface area contributed by atoms with E-state index in [2.05, 4.69) is 10.6 Å². The first-order valence-corrected chi connectivity index (χ1v) is 9.93. The fourth-order valence-electron chi connectivity index (χ4n) is 3.29. The summed E-state index contributed by atoms with van der Waals surface area (Å²) in [6.07, 6.45) is 1.44. The number of nitrogens with zero attached hydrogens (tertiary/aromatic N) is 1. The van der Waals surface area contributed by atoms with Crippen molar-refractivity contribution in [2.24, 2.45) is 0 Å². The summed E-state index contributed by atoms with van der Waals surface area (Å²) in [5.41, 5.74) is 2.85. The highest BCUT2D eigenvalue weighted by atomic mass is 16.5. The molecule has 0 fully saturated rings. The van der Waals surface area contributed by atoms with Crippen molar-refractivity contribution in [2.75, 3.05) is 33.1 Å². The smallest absolute Gasteiger partial charge is 0.291 e. The maximum Gasteiger partial charge on any atom is 0.291 e. The van der Waals surface area contributed by atoms with E-state index in [1.807, 2.05) is 50.2 Å². The zero-order chi connectivity index (χ0) is 22.4. The molecular weight excluding hydrogens is 394 g/mol. The van der Waals surface area contributed by atoms with Crippen LogP contribution in [0.4, 0.5) is 5.69 Å². The minimum Gasteiger partial charge on any atom is -0.496 e. The standard InChI is InChI=1S/C24H27N3O4/c1-16-11-12-17(14-19(16)26-24(29)22-10-7-13-31-22)23(28)25-15-20(27(2)3)18-8-5-6-9-21(18)30-4/h5-14,20H,15H2,1-4H3,(H,25,28)(H,26,29). The zero-order valence-corrected chi connectivity index (χ0v) is 18.1. The summed E-state index contributed by atoms with van der Waals surface area (Å²) >= 11 is 0. The number of furan rings is 1. The van der Waals surface area contributed by atoms with Crippen LogP contribution in [0.3, 0.4) is 0 Å². The molecule has 2 amide bonds. The van der Waals surface area contributed by atoms with Crippen LogP contribution >= 0.6 is 0 Å². The molecule has 3 rings (SSSR count). The van der Waals surface area contributed by atoms with Crippen LogP contribution in [0.25, 0.3) is 0 Å². The lowest BCUT2D eigenvalue weighted by Crippen LogP contribution is -2.34. The van der Waals surface area contributed by atoms with E-state index >= 15 is 0 Å². The molecule has 3 aromatic rings. The summed E-state index contributed by atoms with van der Waals surface area (Å²) in [7, 11) is 5.55. The molecule has 0 radical (unpaired) electrons. The predicted octanol–water partition coefficient (Wildman–Crippen LogP) is 3.88. The Kier molecular flexibility index (Phi) is 7.10. The Balaban J connectivity index is 1.73. The molecule has 0 spiro atoms. The molecule has 2 N–H and O–H groups in total. The summed E-state index contributed by atoms with van der Waals surface area (Å²) in [5, 5.41) is 5.78. The topological polar surface area (TPSA) is 83.8 Å². The van der Waals surface area contributed by atoms with Crippen molar-refractivity contribution in [2.45, 2.75) is 13.0 Å². The van der Waals surface area contributed by atoms with Gasteiger partial charge in [-0.1, -0.05) is 24.3 Å². The Hall–Kier alpha value is -3.58. The number of likely N-dealkylation sites (N-methyl/N-ethyl adjacent to an activating group) is 1. The average molecular weight is 421 g/mol. The molecule has 7 nitrogen and oxygen atoms in total. The average Bonchev–Trinajstić information content (AvgIpc) is 3.30. The summed E-state index contributed by atoms with van der Waals surface area (Å²) in [6.45, 7) is 2.26. The molecule has 0 aliphatic carbocycles. The van der Waals surface area contributed by atoms with Gasteiger partial charge in [-0.15, -0.1) is 0 Å². The molecule has 0 saturated carbocycles. The summed E-state index contributed by atoms with van der Waals surface area (Å²) in [5.74, 6) is 0.387. The maximum absolute atomic E-state index is 12.8. The van der Waals surface area contributed by atoms with Crippen molar-refractivity contribution in [1.82, 2.24) is 10.2 Å². The van der Waals surface area contributed by atoms with E-state index in [0.717, 1.165) is 16.9 Å². The van der Waals surface area contributed by atoms with Crippen molar-refractivity contribution in [3.05, 3.63) is 83.3 Å². The quantitative estimate of drug-likeness (QED) is 0.577. The number of benzene rings is 2. The number of hydrogen-bond acceptors (Lipinski definition) is 5. The Labute approximate surface area is 182 Å². The highest BCUT2D eigenvalue weighted by Gasteiger charge is 2.20. The third-order valence-corrected chi connectivity index (χ3v) is 5.07. The largest absolute Gasteiger partial charge is 0.496 e. The highest BCUT2D eigenvalue weighted by Crippen LogP contribution is 2.27. The first-order valence-electron chi connectivity index (χ1n) is 9.93. The van der Waals surface area contributed by atoms with Gasteiger partial charge < -0.3 is 24.7 Å². The minimum absolute atomic E-state index is 0.0660. The lowest BCUT2D eigenvalue weighted by molar-refractivity contribution is 0.0939. The first kappa shape index (κ1) is 22.1. The molecule has 1 atom stereocenters. The number of ether oxygens (including phenoxy) is 1. The Morgan fingerprint density at radius 3 is 2.52 bits per heavy atom. The van der Waals surface area contributed by atoms with E-state index in [1.165, 1.54) is 6.26 Å². The van der Waals surface area contributed by atoms with Gasteiger partial charge in [-0.05, 0) is 56.9 Å². The van der Waals surface area contributed by atoms with E-state index < -0.39 is 0 Å². The number of aryl methyl sites for hydroxylation is 1. The predicted molar refractivity (Wildman–Crippen MR) is 120 cm³/mol. The highest BCUT2D eigenvalue weighted by molar-refractivity contribution is 6.03. The molecule has 0 saturated heterocycles. The Bertz CT molecular complexity index is 1040. The minimum atomic E-state index is -0.366. The second-order valence-corrected chi connectivity index (χ2v) is 7.39. The van der Waals surface area contributed by atoms with Crippen molar-refractivity contribution in [3.8, 4) is 5.75 Å². The molecule has 7 heteroatoms. The molecule has 0 aliphatic rings. The van der Waals surface area contributed by atoms with Gasteiger partial charge in [0.1, 0.15) is 5.75 Å². The molecule has 2 aromatic carbocycles. The first-order chi connectivity index (χ1) is 14.9. The molecule has 31 heavy (non-hydrogen) atoms. The van der Waals surface area contributed by atoms with E-state index in [-0.39, 0.29) is 23.6 Å². The third kappa shape index (κ3) is 5.32. The summed E-state index contributed by atoms with van der Waals surface area (Å²) in [6, 6.07) is 16.1. The monoisotopic (exact) mass is 421 g/mol. The number of rotatable bonds is 8. The number of methoxy groups -OCH3 is 1. The Morgan fingerprint density at radius 2 is 1.84 bits per heavy atom. The molecule has 0 bridgehead atoms. The van der Waals surface area contributed by atoms with Gasteiger partial charge in [-0.3, -0.25) is 9.59 Å². The van der Waals surface area contributed by atoms with Crippen LogP contribution in [0.2, 0.25) is 0 Å². The molecular formula is C24H27N3O4. The van der Waals surface area contributed by atoms with Gasteiger partial charge in [-0.25, -0.2) is 0 Å². The van der Waals surface area contributed by atoms with Crippen molar-refractivity contribution in [3.63, 3.8) is 0 Å². The second-order valence-electron chi connectivity index (χ2n) is 7.39. The van der Waals surface area contributed by atoms with E-state index in [0.29, 0.717) is 17.8 Å². The fraction of sp³-hybridized carbons (Fsp3) is 0.250. The van der Waals surface area contributed by atoms with Gasteiger partial charge >= 0.3 is 0 Å². The maximum atomic E-state index is 12.8. The number of para-hydroxylation sites is 1. The van der Waals surface area contributed by atoms with Gasteiger partial charge in [0.15, 0.2) is 5.76 Å². The number of nitrogens with one attached hydrogen (secondary N) is 2. The van der Waals surface area contributed by atoms with E-state index in [9.17, 15) is 9.59 Å². The summed E-state index contributed by atoms with van der Waals surface area (Å²) < 4.78 is 10.6. The van der Waals surface area contributed by atoms with Gasteiger partial charge in [0, 0.05) is 23.4 Å². The van der Waals surface area contributed by atoms with Crippen LogP contribution in [0.15, 0.2) is 65.3 Å². The number of carbonyl (C=O) groups excluding carboxylic acids is 2. The van der Waals surface area contributed by atoms with Gasteiger partial charge in [0.2, 0.25) is 0 Å². The van der Waals surface area contributed by atoms with Gasteiger partial charge in [0.05, 0.1) is 19.4 Å². The molecule has 1 unspecified atom stereocenters. The van der Waals surface area contributed by atoms with Crippen LogP contribution in [0, 0.1) is 6.92 Å². The number of amides is 2. The van der Waals surface area contributed by atoms with E-state index in [4.69, 9.17) is 9.15 Å². The normalized spacial score (nSPS) is 11.8. The van der Waals surface area contributed by atoms with Crippen LogP contribution in [-0.4, -0.2) is 44.5 Å². The number of anilines is 1. The third-order valence-electron chi connectivity index (χ3n) is 5.07.